The summed E-state index contributed by atoms with van der Waals surface area (Å²) in [6.45, 7) is 6.09. The van der Waals surface area contributed by atoms with Gasteiger partial charge in [-0.2, -0.15) is 0 Å². The van der Waals surface area contributed by atoms with Gasteiger partial charge in [0.1, 0.15) is 4.34 Å². The van der Waals surface area contributed by atoms with Crippen molar-refractivity contribution in [3.63, 3.8) is 0 Å². The maximum Gasteiger partial charge on any atom is 0.187 e. The lowest BCUT2D eigenvalue weighted by Gasteiger charge is -2.26. The zero-order valence-electron chi connectivity index (χ0n) is 7.51. The quantitative estimate of drug-likeness (QED) is 0.773. The zero-order chi connectivity index (χ0) is 9.26. The first-order valence-electron chi connectivity index (χ1n) is 4.36. The molecule has 0 aromatic carbocycles. The molecule has 0 spiro atoms. The molecule has 72 valence electrons. The minimum Gasteiger partial charge on any atom is -0.345 e. The number of nitrogens with zero attached hydrogens (tertiary/aromatic N) is 2. The molecular formula is C8H12ClN3S. The Morgan fingerprint density at radius 1 is 1.46 bits per heavy atom. The molecule has 2 rings (SSSR count). The van der Waals surface area contributed by atoms with Crippen molar-refractivity contribution in [1.29, 1.82) is 0 Å². The highest BCUT2D eigenvalue weighted by Crippen LogP contribution is 2.29. The van der Waals surface area contributed by atoms with Gasteiger partial charge in [0, 0.05) is 26.2 Å². The van der Waals surface area contributed by atoms with E-state index in [9.17, 15) is 0 Å². The van der Waals surface area contributed by atoms with E-state index in [1.54, 1.807) is 11.3 Å². The predicted octanol–water partition coefficient (Wildman–Crippen LogP) is 1.51. The molecule has 5 heteroatoms. The number of piperazine rings is 1. The van der Waals surface area contributed by atoms with Crippen LogP contribution in [0.4, 0.5) is 5.13 Å². The summed E-state index contributed by atoms with van der Waals surface area (Å²) in [5, 5.41) is 4.37. The van der Waals surface area contributed by atoms with Gasteiger partial charge in [-0.25, -0.2) is 4.98 Å². The number of hydrogen-bond donors (Lipinski definition) is 1. The molecule has 0 saturated carbocycles. The number of thiazole rings is 1. The Kier molecular flexibility index (Phi) is 2.71. The van der Waals surface area contributed by atoms with Crippen LogP contribution in [0.15, 0.2) is 0 Å². The highest BCUT2D eigenvalue weighted by molar-refractivity contribution is 7.19. The average molecular weight is 218 g/mol. The summed E-state index contributed by atoms with van der Waals surface area (Å²) >= 11 is 7.54. The Bertz CT molecular complexity index is 274. The monoisotopic (exact) mass is 217 g/mol. The smallest absolute Gasteiger partial charge is 0.187 e. The standard InChI is InChI=1S/C8H12ClN3S/c1-6-7(9)13-8(11-6)12-4-2-10-3-5-12/h10H,2-5H2,1H3. The molecule has 1 aromatic rings. The second-order valence-corrected chi connectivity index (χ2v) is 4.67. The molecule has 1 aliphatic rings. The molecule has 1 saturated heterocycles. The van der Waals surface area contributed by atoms with Crippen molar-refractivity contribution in [2.24, 2.45) is 0 Å². The van der Waals surface area contributed by atoms with E-state index in [0.717, 1.165) is 41.3 Å². The van der Waals surface area contributed by atoms with Gasteiger partial charge in [0.15, 0.2) is 5.13 Å². The number of rotatable bonds is 1. The number of aromatic nitrogens is 1. The lowest BCUT2D eigenvalue weighted by Crippen LogP contribution is -2.43. The molecule has 2 heterocycles. The van der Waals surface area contributed by atoms with Gasteiger partial charge in [-0.05, 0) is 6.92 Å². The fraction of sp³-hybridized carbons (Fsp3) is 0.625. The third-order valence-corrected chi connectivity index (χ3v) is 3.63. The molecule has 0 bridgehead atoms. The van der Waals surface area contributed by atoms with Crippen molar-refractivity contribution in [3.8, 4) is 0 Å². The number of nitrogens with one attached hydrogen (secondary N) is 1. The van der Waals surface area contributed by atoms with Crippen LogP contribution in [-0.2, 0) is 0 Å². The second kappa shape index (κ2) is 3.82. The van der Waals surface area contributed by atoms with E-state index in [1.807, 2.05) is 6.92 Å². The maximum atomic E-state index is 5.96. The molecule has 1 N–H and O–H groups in total. The van der Waals surface area contributed by atoms with Crippen LogP contribution in [0.1, 0.15) is 5.69 Å². The number of anilines is 1. The largest absolute Gasteiger partial charge is 0.345 e. The Morgan fingerprint density at radius 3 is 2.69 bits per heavy atom. The van der Waals surface area contributed by atoms with Crippen LogP contribution in [0, 0.1) is 6.92 Å². The molecular weight excluding hydrogens is 206 g/mol. The summed E-state index contributed by atoms with van der Waals surface area (Å²) in [4.78, 5) is 6.70. The van der Waals surface area contributed by atoms with Gasteiger partial charge in [-0.1, -0.05) is 22.9 Å². The van der Waals surface area contributed by atoms with Crippen LogP contribution in [-0.4, -0.2) is 31.2 Å². The first-order chi connectivity index (χ1) is 6.27. The average Bonchev–Trinajstić information content (AvgIpc) is 2.49. The van der Waals surface area contributed by atoms with Crippen LogP contribution < -0.4 is 10.2 Å². The summed E-state index contributed by atoms with van der Waals surface area (Å²) in [6.07, 6.45) is 0. The number of halogens is 1. The molecule has 0 unspecified atom stereocenters. The highest BCUT2D eigenvalue weighted by atomic mass is 35.5. The normalized spacial score (nSPS) is 17.8. The molecule has 1 fully saturated rings. The summed E-state index contributed by atoms with van der Waals surface area (Å²) < 4.78 is 0.813. The van der Waals surface area contributed by atoms with Gasteiger partial charge in [0.25, 0.3) is 0 Å². The van der Waals surface area contributed by atoms with E-state index in [0.29, 0.717) is 0 Å². The zero-order valence-corrected chi connectivity index (χ0v) is 9.08. The van der Waals surface area contributed by atoms with Crippen LogP contribution >= 0.6 is 22.9 Å². The van der Waals surface area contributed by atoms with E-state index in [-0.39, 0.29) is 0 Å². The minimum atomic E-state index is 0.813. The molecule has 1 aliphatic heterocycles. The summed E-state index contributed by atoms with van der Waals surface area (Å²) in [7, 11) is 0. The third-order valence-electron chi connectivity index (χ3n) is 2.12. The van der Waals surface area contributed by atoms with Gasteiger partial charge in [0.2, 0.25) is 0 Å². The van der Waals surface area contributed by atoms with Crippen LogP contribution in [0.3, 0.4) is 0 Å². The molecule has 0 atom stereocenters. The van der Waals surface area contributed by atoms with Crippen molar-refractivity contribution < 1.29 is 0 Å². The summed E-state index contributed by atoms with van der Waals surface area (Å²) in [5.74, 6) is 0. The van der Waals surface area contributed by atoms with Crippen LogP contribution in [0.25, 0.3) is 0 Å². The van der Waals surface area contributed by atoms with Crippen molar-refractivity contribution in [2.45, 2.75) is 6.92 Å². The summed E-state index contributed by atoms with van der Waals surface area (Å²) in [5.41, 5.74) is 0.945. The highest BCUT2D eigenvalue weighted by Gasteiger charge is 2.15. The van der Waals surface area contributed by atoms with Crippen molar-refractivity contribution >= 4 is 28.1 Å². The molecule has 0 aliphatic carbocycles. The lowest BCUT2D eigenvalue weighted by molar-refractivity contribution is 0.588. The number of hydrogen-bond acceptors (Lipinski definition) is 4. The molecule has 0 radical (unpaired) electrons. The number of aryl methyl sites for hydroxylation is 1. The SMILES string of the molecule is Cc1nc(N2CCNCC2)sc1Cl. The van der Waals surface area contributed by atoms with E-state index in [2.05, 4.69) is 15.2 Å². The minimum absolute atomic E-state index is 0.813. The Balaban J connectivity index is 2.14. The van der Waals surface area contributed by atoms with Crippen molar-refractivity contribution in [2.75, 3.05) is 31.1 Å². The van der Waals surface area contributed by atoms with Crippen LogP contribution in [0.5, 0.6) is 0 Å². The topological polar surface area (TPSA) is 28.2 Å². The van der Waals surface area contributed by atoms with Gasteiger partial charge in [-0.3, -0.25) is 0 Å². The first-order valence-corrected chi connectivity index (χ1v) is 5.55. The van der Waals surface area contributed by atoms with Crippen molar-refractivity contribution in [3.05, 3.63) is 10.0 Å². The maximum absolute atomic E-state index is 5.96. The first kappa shape index (κ1) is 9.24. The molecule has 3 nitrogen and oxygen atoms in total. The van der Waals surface area contributed by atoms with E-state index >= 15 is 0 Å². The van der Waals surface area contributed by atoms with Crippen molar-refractivity contribution in [1.82, 2.24) is 10.3 Å². The van der Waals surface area contributed by atoms with E-state index in [1.165, 1.54) is 0 Å². The second-order valence-electron chi connectivity index (χ2n) is 3.09. The van der Waals surface area contributed by atoms with Gasteiger partial charge < -0.3 is 10.2 Å². The van der Waals surface area contributed by atoms with Gasteiger partial charge in [-0.15, -0.1) is 0 Å². The fourth-order valence-electron chi connectivity index (χ4n) is 1.36. The van der Waals surface area contributed by atoms with E-state index < -0.39 is 0 Å². The molecule has 1 aromatic heterocycles. The Hall–Kier alpha value is -0.320. The Morgan fingerprint density at radius 2 is 2.15 bits per heavy atom. The third kappa shape index (κ3) is 1.95. The fourth-order valence-corrected chi connectivity index (χ4v) is 2.45. The van der Waals surface area contributed by atoms with Gasteiger partial charge in [0.05, 0.1) is 5.69 Å². The molecule has 13 heavy (non-hydrogen) atoms. The predicted molar refractivity (Wildman–Crippen MR) is 56.9 cm³/mol. The van der Waals surface area contributed by atoms with E-state index in [4.69, 9.17) is 11.6 Å². The summed E-state index contributed by atoms with van der Waals surface area (Å²) in [6, 6.07) is 0. The van der Waals surface area contributed by atoms with Gasteiger partial charge >= 0.3 is 0 Å². The lowest BCUT2D eigenvalue weighted by atomic mass is 10.4. The Labute approximate surface area is 86.7 Å². The van der Waals surface area contributed by atoms with Crippen LogP contribution in [0.2, 0.25) is 4.34 Å². The molecule has 0 amide bonds.